The van der Waals surface area contributed by atoms with Gasteiger partial charge in [-0.1, -0.05) is 0 Å². The maximum absolute atomic E-state index is 10.5. The van der Waals surface area contributed by atoms with Gasteiger partial charge in [-0.05, 0) is 56.8 Å². The Kier molecular flexibility index (Phi) is 2.36. The largest absolute Gasteiger partial charge is 0.390 e. The van der Waals surface area contributed by atoms with Gasteiger partial charge in [0, 0.05) is 7.11 Å². The minimum atomic E-state index is -0.369. The fourth-order valence-electron chi connectivity index (χ4n) is 4.57. The Morgan fingerprint density at radius 2 is 1.81 bits per heavy atom. The lowest BCUT2D eigenvalue weighted by Gasteiger charge is -2.62. The van der Waals surface area contributed by atoms with Gasteiger partial charge in [-0.15, -0.1) is 0 Å². The summed E-state index contributed by atoms with van der Waals surface area (Å²) in [6, 6.07) is 0. The minimum Gasteiger partial charge on any atom is -0.390 e. The highest BCUT2D eigenvalue weighted by atomic mass is 16.7. The molecule has 4 rings (SSSR count). The smallest absolute Gasteiger partial charge is 0.147 e. The molecule has 0 aromatic rings. The number of rotatable bonds is 3. The summed E-state index contributed by atoms with van der Waals surface area (Å²) in [7, 11) is 1.67. The molecule has 2 atom stereocenters. The Morgan fingerprint density at radius 1 is 1.19 bits per heavy atom. The van der Waals surface area contributed by atoms with Gasteiger partial charge in [0.2, 0.25) is 0 Å². The van der Waals surface area contributed by atoms with Crippen LogP contribution in [0, 0.1) is 17.8 Å². The lowest BCUT2D eigenvalue weighted by Crippen LogP contribution is -2.63. The number of hydrogen-bond donors (Lipinski definition) is 1. The normalized spacial score (nSPS) is 54.6. The minimum absolute atomic E-state index is 0.0564. The maximum atomic E-state index is 10.5. The summed E-state index contributed by atoms with van der Waals surface area (Å²) in [6.07, 6.45) is 5.36. The lowest BCUT2D eigenvalue weighted by atomic mass is 9.48. The van der Waals surface area contributed by atoms with E-state index in [2.05, 4.69) is 6.92 Å². The fraction of sp³-hybridized carbons (Fsp3) is 1.00. The van der Waals surface area contributed by atoms with Gasteiger partial charge in [0.15, 0.2) is 0 Å². The molecule has 0 amide bonds. The summed E-state index contributed by atoms with van der Waals surface area (Å²) in [5.74, 6) is 1.79. The molecule has 0 aromatic heterocycles. The molecule has 0 saturated heterocycles. The van der Waals surface area contributed by atoms with Crippen molar-refractivity contribution in [2.75, 3.05) is 13.9 Å². The van der Waals surface area contributed by atoms with Crippen LogP contribution in [0.1, 0.15) is 39.0 Å². The number of hydrogen-bond acceptors (Lipinski definition) is 3. The molecular weight excluding hydrogens is 204 g/mol. The molecular formula is C13H22O3. The van der Waals surface area contributed by atoms with E-state index in [0.717, 1.165) is 25.2 Å². The van der Waals surface area contributed by atoms with Gasteiger partial charge in [0.05, 0.1) is 11.2 Å². The Balaban J connectivity index is 1.82. The van der Waals surface area contributed by atoms with E-state index in [0.29, 0.717) is 18.6 Å². The Labute approximate surface area is 97.1 Å². The zero-order valence-electron chi connectivity index (χ0n) is 10.2. The third-order valence-electron chi connectivity index (χ3n) is 5.27. The van der Waals surface area contributed by atoms with Crippen LogP contribution in [0.3, 0.4) is 0 Å². The van der Waals surface area contributed by atoms with Gasteiger partial charge in [-0.3, -0.25) is 0 Å². The topological polar surface area (TPSA) is 38.7 Å². The molecule has 4 saturated carbocycles. The van der Waals surface area contributed by atoms with E-state index >= 15 is 0 Å². The first-order valence-corrected chi connectivity index (χ1v) is 6.41. The van der Waals surface area contributed by atoms with Crippen LogP contribution in [0.15, 0.2) is 0 Å². The second-order valence-electron chi connectivity index (χ2n) is 6.30. The zero-order chi connectivity index (χ0) is 11.4. The fourth-order valence-corrected chi connectivity index (χ4v) is 4.57. The van der Waals surface area contributed by atoms with Gasteiger partial charge in [0.1, 0.15) is 6.79 Å². The molecule has 0 spiro atoms. The molecule has 0 radical (unpaired) electrons. The number of aliphatic hydroxyl groups is 1. The van der Waals surface area contributed by atoms with E-state index in [-0.39, 0.29) is 11.2 Å². The molecule has 4 aliphatic carbocycles. The van der Waals surface area contributed by atoms with Crippen molar-refractivity contribution in [1.29, 1.82) is 0 Å². The second kappa shape index (κ2) is 3.44. The highest BCUT2D eigenvalue weighted by molar-refractivity contribution is 5.11. The summed E-state index contributed by atoms with van der Waals surface area (Å²) in [5, 5.41) is 10.5. The molecule has 3 nitrogen and oxygen atoms in total. The third-order valence-corrected chi connectivity index (χ3v) is 5.27. The van der Waals surface area contributed by atoms with Crippen molar-refractivity contribution in [2.45, 2.75) is 50.2 Å². The van der Waals surface area contributed by atoms with Gasteiger partial charge in [0.25, 0.3) is 0 Å². The number of methoxy groups -OCH3 is 1. The molecule has 2 unspecified atom stereocenters. The number of ether oxygens (including phenoxy) is 2. The SMILES string of the molecule is COCOC1(C)C2CC3CC1CC(O)(C3)C2. The average Bonchev–Trinajstić information content (AvgIpc) is 2.21. The molecule has 92 valence electrons. The van der Waals surface area contributed by atoms with E-state index in [4.69, 9.17) is 9.47 Å². The first-order valence-electron chi connectivity index (χ1n) is 6.41. The predicted octanol–water partition coefficient (Wildman–Crippen LogP) is 1.94. The van der Waals surface area contributed by atoms with Crippen LogP contribution in [0.25, 0.3) is 0 Å². The summed E-state index contributed by atoms with van der Waals surface area (Å²) in [5.41, 5.74) is -0.425. The molecule has 16 heavy (non-hydrogen) atoms. The molecule has 3 heteroatoms. The molecule has 0 aliphatic heterocycles. The van der Waals surface area contributed by atoms with Crippen LogP contribution in [-0.4, -0.2) is 30.2 Å². The van der Waals surface area contributed by atoms with Crippen molar-refractivity contribution in [3.63, 3.8) is 0 Å². The Bertz CT molecular complexity index is 273. The van der Waals surface area contributed by atoms with Crippen molar-refractivity contribution in [3.8, 4) is 0 Å². The van der Waals surface area contributed by atoms with Crippen molar-refractivity contribution in [3.05, 3.63) is 0 Å². The third kappa shape index (κ3) is 1.45. The van der Waals surface area contributed by atoms with E-state index in [1.807, 2.05) is 0 Å². The van der Waals surface area contributed by atoms with Crippen molar-refractivity contribution in [1.82, 2.24) is 0 Å². The highest BCUT2D eigenvalue weighted by Crippen LogP contribution is 2.60. The first kappa shape index (κ1) is 11.0. The Hall–Kier alpha value is -0.120. The second-order valence-corrected chi connectivity index (χ2v) is 6.30. The average molecular weight is 226 g/mol. The monoisotopic (exact) mass is 226 g/mol. The molecule has 4 aliphatic rings. The lowest BCUT2D eigenvalue weighted by molar-refractivity contribution is -0.260. The van der Waals surface area contributed by atoms with E-state index < -0.39 is 0 Å². The molecule has 4 fully saturated rings. The maximum Gasteiger partial charge on any atom is 0.147 e. The summed E-state index contributed by atoms with van der Waals surface area (Å²) < 4.78 is 11.0. The van der Waals surface area contributed by atoms with Crippen molar-refractivity contribution in [2.24, 2.45) is 17.8 Å². The zero-order valence-corrected chi connectivity index (χ0v) is 10.2. The van der Waals surface area contributed by atoms with Crippen LogP contribution in [0.4, 0.5) is 0 Å². The van der Waals surface area contributed by atoms with Crippen molar-refractivity contribution < 1.29 is 14.6 Å². The van der Waals surface area contributed by atoms with Crippen LogP contribution in [0.2, 0.25) is 0 Å². The quantitative estimate of drug-likeness (QED) is 0.747. The highest BCUT2D eigenvalue weighted by Gasteiger charge is 2.60. The summed E-state index contributed by atoms with van der Waals surface area (Å²) in [4.78, 5) is 0. The van der Waals surface area contributed by atoms with E-state index in [1.165, 1.54) is 12.8 Å². The van der Waals surface area contributed by atoms with E-state index in [1.54, 1.807) is 7.11 Å². The van der Waals surface area contributed by atoms with Gasteiger partial charge < -0.3 is 14.6 Å². The molecule has 4 bridgehead atoms. The predicted molar refractivity (Wildman–Crippen MR) is 59.9 cm³/mol. The molecule has 0 heterocycles. The van der Waals surface area contributed by atoms with Crippen LogP contribution >= 0.6 is 0 Å². The van der Waals surface area contributed by atoms with Gasteiger partial charge >= 0.3 is 0 Å². The molecule has 0 aromatic carbocycles. The Morgan fingerprint density at radius 3 is 2.31 bits per heavy atom. The van der Waals surface area contributed by atoms with Gasteiger partial charge in [-0.25, -0.2) is 0 Å². The summed E-state index contributed by atoms with van der Waals surface area (Å²) in [6.45, 7) is 2.61. The van der Waals surface area contributed by atoms with Crippen LogP contribution in [-0.2, 0) is 9.47 Å². The first-order chi connectivity index (χ1) is 7.56. The van der Waals surface area contributed by atoms with Crippen molar-refractivity contribution >= 4 is 0 Å². The van der Waals surface area contributed by atoms with Crippen LogP contribution in [0.5, 0.6) is 0 Å². The van der Waals surface area contributed by atoms with Gasteiger partial charge in [-0.2, -0.15) is 0 Å². The molecule has 1 N–H and O–H groups in total. The van der Waals surface area contributed by atoms with Crippen LogP contribution < -0.4 is 0 Å². The summed E-state index contributed by atoms with van der Waals surface area (Å²) >= 11 is 0. The standard InChI is InChI=1S/C13H22O3/c1-12(16-8-15-2)10-3-9-4-11(12)7-13(14,5-9)6-10/h9-11,14H,3-8H2,1-2H3. The van der Waals surface area contributed by atoms with E-state index in [9.17, 15) is 5.11 Å².